The molecule has 0 heterocycles. The summed E-state index contributed by atoms with van der Waals surface area (Å²) in [5.74, 6) is 0.247. The first kappa shape index (κ1) is 12.4. The molecule has 15 heavy (non-hydrogen) atoms. The van der Waals surface area contributed by atoms with Crippen molar-refractivity contribution in [2.75, 3.05) is 5.88 Å². The summed E-state index contributed by atoms with van der Waals surface area (Å²) in [5, 5.41) is 2.80. The van der Waals surface area contributed by atoms with Crippen molar-refractivity contribution in [3.05, 3.63) is 35.9 Å². The van der Waals surface area contributed by atoms with E-state index in [1.807, 2.05) is 30.3 Å². The smallest absolute Gasteiger partial charge is 0.253 e. The van der Waals surface area contributed by atoms with Crippen LogP contribution in [0, 0.1) is 0 Å². The molecular formula is C11H14ClF2N. The predicted octanol–water partition coefficient (Wildman–Crippen LogP) is 3.04. The zero-order valence-corrected chi connectivity index (χ0v) is 9.05. The van der Waals surface area contributed by atoms with Crippen molar-refractivity contribution in [2.45, 2.75) is 25.4 Å². The SMILES string of the molecule is FC(F)C(CCCl)NCc1ccccc1. The van der Waals surface area contributed by atoms with Crippen LogP contribution >= 0.6 is 11.6 Å². The third-order valence-corrected chi connectivity index (χ3v) is 2.35. The van der Waals surface area contributed by atoms with Gasteiger partial charge in [-0.25, -0.2) is 8.78 Å². The summed E-state index contributed by atoms with van der Waals surface area (Å²) in [6.45, 7) is 0.451. The van der Waals surface area contributed by atoms with Crippen molar-refractivity contribution in [3.63, 3.8) is 0 Å². The monoisotopic (exact) mass is 233 g/mol. The van der Waals surface area contributed by atoms with Crippen molar-refractivity contribution < 1.29 is 8.78 Å². The second-order valence-corrected chi connectivity index (χ2v) is 3.66. The van der Waals surface area contributed by atoms with Crippen LogP contribution < -0.4 is 5.32 Å². The van der Waals surface area contributed by atoms with Gasteiger partial charge in [0.25, 0.3) is 6.43 Å². The quantitative estimate of drug-likeness (QED) is 0.745. The largest absolute Gasteiger partial charge is 0.305 e. The lowest BCUT2D eigenvalue weighted by Gasteiger charge is -2.16. The summed E-state index contributed by atoms with van der Waals surface area (Å²) in [6.07, 6.45) is -2.08. The molecule has 1 aromatic rings. The van der Waals surface area contributed by atoms with Crippen LogP contribution in [0.25, 0.3) is 0 Å². The van der Waals surface area contributed by atoms with E-state index < -0.39 is 12.5 Å². The van der Waals surface area contributed by atoms with Crippen LogP contribution in [0.5, 0.6) is 0 Å². The highest BCUT2D eigenvalue weighted by atomic mass is 35.5. The molecule has 0 bridgehead atoms. The Morgan fingerprint density at radius 1 is 1.20 bits per heavy atom. The molecule has 0 amide bonds. The number of hydrogen-bond donors (Lipinski definition) is 1. The first-order chi connectivity index (χ1) is 7.24. The van der Waals surface area contributed by atoms with Crippen LogP contribution in [0.2, 0.25) is 0 Å². The molecular weight excluding hydrogens is 220 g/mol. The van der Waals surface area contributed by atoms with Gasteiger partial charge in [-0.1, -0.05) is 30.3 Å². The molecule has 0 saturated heterocycles. The number of benzene rings is 1. The molecule has 1 rings (SSSR count). The molecule has 0 spiro atoms. The Hall–Kier alpha value is -0.670. The number of hydrogen-bond acceptors (Lipinski definition) is 1. The summed E-state index contributed by atoms with van der Waals surface area (Å²) in [7, 11) is 0. The Morgan fingerprint density at radius 3 is 2.40 bits per heavy atom. The highest BCUT2D eigenvalue weighted by molar-refractivity contribution is 6.17. The molecule has 0 aromatic heterocycles. The topological polar surface area (TPSA) is 12.0 Å². The fraction of sp³-hybridized carbons (Fsp3) is 0.455. The van der Waals surface area contributed by atoms with Crippen molar-refractivity contribution in [1.29, 1.82) is 0 Å². The highest BCUT2D eigenvalue weighted by Crippen LogP contribution is 2.08. The van der Waals surface area contributed by atoms with E-state index >= 15 is 0 Å². The maximum Gasteiger partial charge on any atom is 0.253 e. The molecule has 0 fully saturated rings. The van der Waals surface area contributed by atoms with Crippen LogP contribution in [0.4, 0.5) is 8.78 Å². The average Bonchev–Trinajstić information content (AvgIpc) is 2.25. The number of nitrogens with one attached hydrogen (secondary N) is 1. The first-order valence-electron chi connectivity index (χ1n) is 4.85. The molecule has 1 N–H and O–H groups in total. The van der Waals surface area contributed by atoms with Crippen molar-refractivity contribution in [1.82, 2.24) is 5.32 Å². The van der Waals surface area contributed by atoms with Gasteiger partial charge in [0.1, 0.15) is 0 Å². The summed E-state index contributed by atoms with van der Waals surface area (Å²) in [6, 6.07) is 8.65. The lowest BCUT2D eigenvalue weighted by atomic mass is 10.2. The maximum absolute atomic E-state index is 12.5. The molecule has 1 aromatic carbocycles. The van der Waals surface area contributed by atoms with Crippen molar-refractivity contribution in [3.8, 4) is 0 Å². The van der Waals surface area contributed by atoms with E-state index in [1.54, 1.807) is 0 Å². The van der Waals surface area contributed by atoms with Gasteiger partial charge >= 0.3 is 0 Å². The van der Waals surface area contributed by atoms with E-state index in [4.69, 9.17) is 11.6 Å². The lowest BCUT2D eigenvalue weighted by Crippen LogP contribution is -2.35. The van der Waals surface area contributed by atoms with Gasteiger partial charge in [-0.3, -0.25) is 0 Å². The maximum atomic E-state index is 12.5. The van der Waals surface area contributed by atoms with Gasteiger partial charge < -0.3 is 5.32 Å². The zero-order valence-electron chi connectivity index (χ0n) is 8.30. The Balaban J connectivity index is 2.40. The zero-order chi connectivity index (χ0) is 11.1. The van der Waals surface area contributed by atoms with E-state index in [0.717, 1.165) is 5.56 Å². The Bertz CT molecular complexity index is 267. The molecule has 0 aliphatic heterocycles. The highest BCUT2D eigenvalue weighted by Gasteiger charge is 2.18. The first-order valence-corrected chi connectivity index (χ1v) is 5.39. The van der Waals surface area contributed by atoms with E-state index in [1.165, 1.54) is 0 Å². The summed E-state index contributed by atoms with van der Waals surface area (Å²) in [4.78, 5) is 0. The molecule has 84 valence electrons. The third kappa shape index (κ3) is 4.58. The van der Waals surface area contributed by atoms with Gasteiger partial charge in [-0.05, 0) is 12.0 Å². The Kier molecular flexibility index (Phi) is 5.58. The minimum Gasteiger partial charge on any atom is -0.305 e. The van der Waals surface area contributed by atoms with Crippen molar-refractivity contribution >= 4 is 11.6 Å². The van der Waals surface area contributed by atoms with E-state index in [9.17, 15) is 8.78 Å². The van der Waals surface area contributed by atoms with E-state index in [-0.39, 0.29) is 12.3 Å². The number of rotatable bonds is 6. The normalized spacial score (nSPS) is 13.1. The molecule has 0 saturated carbocycles. The van der Waals surface area contributed by atoms with Crippen LogP contribution in [-0.4, -0.2) is 18.3 Å². The van der Waals surface area contributed by atoms with Gasteiger partial charge in [0.2, 0.25) is 0 Å². The molecule has 1 unspecified atom stereocenters. The molecule has 0 aliphatic carbocycles. The Labute approximate surface area is 93.4 Å². The predicted molar refractivity (Wildman–Crippen MR) is 58.4 cm³/mol. The van der Waals surface area contributed by atoms with Crippen molar-refractivity contribution in [2.24, 2.45) is 0 Å². The number of alkyl halides is 3. The average molecular weight is 234 g/mol. The van der Waals surface area contributed by atoms with Crippen LogP contribution in [-0.2, 0) is 6.54 Å². The Morgan fingerprint density at radius 2 is 1.87 bits per heavy atom. The summed E-state index contributed by atoms with van der Waals surface area (Å²) >= 11 is 5.45. The van der Waals surface area contributed by atoms with Crippen LogP contribution in [0.3, 0.4) is 0 Å². The lowest BCUT2D eigenvalue weighted by molar-refractivity contribution is 0.0959. The van der Waals surface area contributed by atoms with E-state index in [0.29, 0.717) is 6.54 Å². The molecule has 1 nitrogen and oxygen atoms in total. The number of halogens is 3. The second-order valence-electron chi connectivity index (χ2n) is 3.29. The van der Waals surface area contributed by atoms with Crippen LogP contribution in [0.1, 0.15) is 12.0 Å². The standard InChI is InChI=1S/C11H14ClF2N/c12-7-6-10(11(13)14)15-8-9-4-2-1-3-5-9/h1-5,10-11,15H,6-8H2. The van der Waals surface area contributed by atoms with Gasteiger partial charge in [-0.2, -0.15) is 0 Å². The second kappa shape index (κ2) is 6.75. The minimum absolute atomic E-state index is 0.247. The van der Waals surface area contributed by atoms with Gasteiger partial charge in [0, 0.05) is 12.4 Å². The molecule has 0 radical (unpaired) electrons. The molecule has 0 aliphatic rings. The summed E-state index contributed by atoms with van der Waals surface area (Å²) in [5.41, 5.74) is 0.998. The molecule has 4 heteroatoms. The third-order valence-electron chi connectivity index (χ3n) is 2.14. The summed E-state index contributed by atoms with van der Waals surface area (Å²) < 4.78 is 24.9. The van der Waals surface area contributed by atoms with E-state index in [2.05, 4.69) is 5.32 Å². The van der Waals surface area contributed by atoms with Gasteiger partial charge in [0.05, 0.1) is 6.04 Å². The molecule has 1 atom stereocenters. The van der Waals surface area contributed by atoms with Crippen LogP contribution in [0.15, 0.2) is 30.3 Å². The fourth-order valence-electron chi connectivity index (χ4n) is 1.28. The fourth-order valence-corrected chi connectivity index (χ4v) is 1.51. The van der Waals surface area contributed by atoms with Gasteiger partial charge in [0.15, 0.2) is 0 Å². The van der Waals surface area contributed by atoms with Gasteiger partial charge in [-0.15, -0.1) is 11.6 Å². The minimum atomic E-state index is -2.37.